The molecule has 0 aliphatic heterocycles. The van der Waals surface area contributed by atoms with Gasteiger partial charge in [0.15, 0.2) is 0 Å². The maximum atomic E-state index is 5.58. The summed E-state index contributed by atoms with van der Waals surface area (Å²) in [6.07, 6.45) is 3.69. The van der Waals surface area contributed by atoms with Crippen LogP contribution < -0.4 is 10.1 Å². The highest BCUT2D eigenvalue weighted by molar-refractivity contribution is 5.21. The summed E-state index contributed by atoms with van der Waals surface area (Å²) in [7, 11) is 3.64. The summed E-state index contributed by atoms with van der Waals surface area (Å²) < 4.78 is 15.9. The van der Waals surface area contributed by atoms with Crippen LogP contribution >= 0.6 is 0 Å². The van der Waals surface area contributed by atoms with E-state index < -0.39 is 0 Å². The van der Waals surface area contributed by atoms with E-state index in [2.05, 4.69) is 17.2 Å². The molecule has 1 N–H and O–H groups in total. The van der Waals surface area contributed by atoms with E-state index in [9.17, 15) is 0 Å². The molecule has 1 rings (SSSR count). The number of ether oxygens (including phenoxy) is 3. The average molecular weight is 282 g/mol. The normalized spacial score (nSPS) is 12.3. The predicted molar refractivity (Wildman–Crippen MR) is 79.1 cm³/mol. The van der Waals surface area contributed by atoms with Crippen LogP contribution in [0.15, 0.2) is 18.3 Å². The number of rotatable bonds is 11. The van der Waals surface area contributed by atoms with Crippen molar-refractivity contribution < 1.29 is 14.2 Å². The summed E-state index contributed by atoms with van der Waals surface area (Å²) in [5.41, 5.74) is 1.04. The molecule has 0 radical (unpaired) electrons. The Bertz CT molecular complexity index is 339. The maximum absolute atomic E-state index is 5.58. The summed E-state index contributed by atoms with van der Waals surface area (Å²) in [6, 6.07) is 4.25. The second-order valence-electron chi connectivity index (χ2n) is 4.48. The summed E-state index contributed by atoms with van der Waals surface area (Å²) in [6.45, 7) is 4.69. The van der Waals surface area contributed by atoms with Crippen molar-refractivity contribution in [3.8, 4) is 5.75 Å². The van der Waals surface area contributed by atoms with Gasteiger partial charge >= 0.3 is 0 Å². The molecule has 1 atom stereocenters. The first-order valence-electron chi connectivity index (χ1n) is 7.14. The molecule has 0 amide bonds. The first kappa shape index (κ1) is 16.9. The smallest absolute Gasteiger partial charge is 0.137 e. The summed E-state index contributed by atoms with van der Waals surface area (Å²) in [5, 5.41) is 3.23. The first-order chi connectivity index (χ1) is 9.81. The van der Waals surface area contributed by atoms with E-state index >= 15 is 0 Å². The number of hydrogen-bond acceptors (Lipinski definition) is 5. The molecule has 1 heterocycles. The van der Waals surface area contributed by atoms with Gasteiger partial charge in [-0.3, -0.25) is 4.98 Å². The zero-order valence-electron chi connectivity index (χ0n) is 12.7. The molecule has 0 saturated carbocycles. The standard InChI is InChI=1S/C15H26N2O3/c1-4-14(16-2)15-7-6-13(12-17-15)20-11-10-19-9-5-8-18-3/h6-7,12,14,16H,4-5,8-11H2,1-3H3. The maximum Gasteiger partial charge on any atom is 0.137 e. The van der Waals surface area contributed by atoms with Crippen molar-refractivity contribution in [1.82, 2.24) is 10.3 Å². The summed E-state index contributed by atoms with van der Waals surface area (Å²) in [5.74, 6) is 0.778. The Morgan fingerprint density at radius 2 is 2.05 bits per heavy atom. The molecule has 0 aliphatic rings. The predicted octanol–water partition coefficient (Wildman–Crippen LogP) is 2.18. The molecular formula is C15H26N2O3. The zero-order chi connectivity index (χ0) is 14.6. The third-order valence-corrected chi connectivity index (χ3v) is 3.01. The third kappa shape index (κ3) is 6.32. The van der Waals surface area contributed by atoms with Crippen molar-refractivity contribution >= 4 is 0 Å². The van der Waals surface area contributed by atoms with E-state index in [0.717, 1.165) is 30.9 Å². The van der Waals surface area contributed by atoms with Crippen molar-refractivity contribution in [2.75, 3.05) is 40.6 Å². The molecule has 1 aromatic heterocycles. The number of nitrogens with zero attached hydrogens (tertiary/aromatic N) is 1. The highest BCUT2D eigenvalue weighted by atomic mass is 16.5. The lowest BCUT2D eigenvalue weighted by Crippen LogP contribution is -2.16. The molecule has 0 saturated heterocycles. The van der Waals surface area contributed by atoms with Crippen molar-refractivity contribution in [3.05, 3.63) is 24.0 Å². The van der Waals surface area contributed by atoms with Crippen LogP contribution in [0.4, 0.5) is 0 Å². The number of pyridine rings is 1. The fourth-order valence-electron chi connectivity index (χ4n) is 1.87. The van der Waals surface area contributed by atoms with Gasteiger partial charge in [0, 0.05) is 26.4 Å². The Kier molecular flexibility index (Phi) is 8.95. The van der Waals surface area contributed by atoms with Crippen LogP contribution in [0.2, 0.25) is 0 Å². The van der Waals surface area contributed by atoms with Crippen molar-refractivity contribution in [2.24, 2.45) is 0 Å². The minimum Gasteiger partial charge on any atom is -0.490 e. The second kappa shape index (κ2) is 10.6. The number of hydrogen-bond donors (Lipinski definition) is 1. The second-order valence-corrected chi connectivity index (χ2v) is 4.48. The fourth-order valence-corrected chi connectivity index (χ4v) is 1.87. The van der Waals surface area contributed by atoms with Gasteiger partial charge in [0.1, 0.15) is 12.4 Å². The van der Waals surface area contributed by atoms with E-state index in [1.54, 1.807) is 13.3 Å². The van der Waals surface area contributed by atoms with Crippen LogP contribution in [-0.4, -0.2) is 45.6 Å². The lowest BCUT2D eigenvalue weighted by Gasteiger charge is -2.13. The zero-order valence-corrected chi connectivity index (χ0v) is 12.7. The molecule has 0 bridgehead atoms. The minimum absolute atomic E-state index is 0.299. The lowest BCUT2D eigenvalue weighted by molar-refractivity contribution is 0.0805. The molecule has 0 aliphatic carbocycles. The van der Waals surface area contributed by atoms with Crippen LogP contribution in [0.5, 0.6) is 5.75 Å². The van der Waals surface area contributed by atoms with Gasteiger partial charge in [0.2, 0.25) is 0 Å². The molecule has 1 aromatic rings. The average Bonchev–Trinajstić information content (AvgIpc) is 2.49. The van der Waals surface area contributed by atoms with Crippen LogP contribution in [0.25, 0.3) is 0 Å². The summed E-state index contributed by atoms with van der Waals surface area (Å²) >= 11 is 0. The van der Waals surface area contributed by atoms with E-state index in [4.69, 9.17) is 14.2 Å². The Labute approximate surface area is 121 Å². The summed E-state index contributed by atoms with van der Waals surface area (Å²) in [4.78, 5) is 4.42. The quantitative estimate of drug-likeness (QED) is 0.630. The molecule has 5 nitrogen and oxygen atoms in total. The van der Waals surface area contributed by atoms with Gasteiger partial charge in [-0.2, -0.15) is 0 Å². The monoisotopic (exact) mass is 282 g/mol. The topological polar surface area (TPSA) is 52.6 Å². The highest BCUT2D eigenvalue weighted by Crippen LogP contribution is 2.16. The Balaban J connectivity index is 2.21. The number of methoxy groups -OCH3 is 1. The van der Waals surface area contributed by atoms with Gasteiger partial charge in [-0.15, -0.1) is 0 Å². The third-order valence-electron chi connectivity index (χ3n) is 3.01. The fraction of sp³-hybridized carbons (Fsp3) is 0.667. The number of aromatic nitrogens is 1. The van der Waals surface area contributed by atoms with Gasteiger partial charge in [0.05, 0.1) is 18.5 Å². The van der Waals surface area contributed by atoms with Gasteiger partial charge < -0.3 is 19.5 Å². The van der Waals surface area contributed by atoms with E-state index in [1.165, 1.54) is 0 Å². The minimum atomic E-state index is 0.299. The van der Waals surface area contributed by atoms with E-state index in [-0.39, 0.29) is 0 Å². The molecule has 20 heavy (non-hydrogen) atoms. The molecule has 0 spiro atoms. The van der Waals surface area contributed by atoms with Crippen LogP contribution in [0.1, 0.15) is 31.5 Å². The first-order valence-corrected chi connectivity index (χ1v) is 7.14. The Morgan fingerprint density at radius 3 is 2.65 bits per heavy atom. The molecule has 0 aromatic carbocycles. The van der Waals surface area contributed by atoms with Crippen LogP contribution in [0.3, 0.4) is 0 Å². The number of nitrogens with one attached hydrogen (secondary N) is 1. The van der Waals surface area contributed by atoms with E-state index in [1.807, 2.05) is 19.2 Å². The largest absolute Gasteiger partial charge is 0.490 e. The van der Waals surface area contributed by atoms with Crippen molar-refractivity contribution in [1.29, 1.82) is 0 Å². The SMILES string of the molecule is CCC(NC)c1ccc(OCCOCCCOC)cn1. The molecule has 5 heteroatoms. The molecule has 0 fully saturated rings. The van der Waals surface area contributed by atoms with Gasteiger partial charge in [0.25, 0.3) is 0 Å². The Hall–Kier alpha value is -1.17. The van der Waals surface area contributed by atoms with Crippen molar-refractivity contribution in [2.45, 2.75) is 25.8 Å². The van der Waals surface area contributed by atoms with Gasteiger partial charge in [-0.05, 0) is 32.0 Å². The molecule has 114 valence electrons. The molecular weight excluding hydrogens is 256 g/mol. The van der Waals surface area contributed by atoms with Crippen molar-refractivity contribution in [3.63, 3.8) is 0 Å². The Morgan fingerprint density at radius 1 is 1.20 bits per heavy atom. The van der Waals surface area contributed by atoms with Crippen LogP contribution in [-0.2, 0) is 9.47 Å². The van der Waals surface area contributed by atoms with Gasteiger partial charge in [-0.25, -0.2) is 0 Å². The van der Waals surface area contributed by atoms with E-state index in [0.29, 0.717) is 25.9 Å². The highest BCUT2D eigenvalue weighted by Gasteiger charge is 2.07. The molecule has 1 unspecified atom stereocenters. The van der Waals surface area contributed by atoms with Crippen LogP contribution in [0, 0.1) is 0 Å². The van der Waals surface area contributed by atoms with Gasteiger partial charge in [-0.1, -0.05) is 6.92 Å². The lowest BCUT2D eigenvalue weighted by atomic mass is 10.1.